The molecular weight excluding hydrogens is 335 g/mol. The summed E-state index contributed by atoms with van der Waals surface area (Å²) in [5.41, 5.74) is 2.14. The molecule has 1 aromatic carbocycles. The molecule has 2 N–H and O–H groups in total. The van der Waals surface area contributed by atoms with Gasteiger partial charge < -0.3 is 15.4 Å². The predicted octanol–water partition coefficient (Wildman–Crippen LogP) is 1.60. The highest BCUT2D eigenvalue weighted by molar-refractivity contribution is 5.92. The number of rotatable bonds is 4. The number of carbonyl (C=O) groups excluding carboxylic acids is 1. The van der Waals surface area contributed by atoms with Gasteiger partial charge in [-0.2, -0.15) is 5.10 Å². The molecule has 2 aromatic rings. The standard InChI is InChI=1S/C19H23FN4O2/c20-15-4-2-14(3-5-15)19(6-9-26-13-19)12-22-18(25)17-10-16-11-21-7-1-8-24(16)23-17/h2-5,10,21H,1,6-9,11-13H2,(H,22,25). The Morgan fingerprint density at radius 2 is 2.23 bits per heavy atom. The van der Waals surface area contributed by atoms with Crippen molar-refractivity contribution in [3.8, 4) is 0 Å². The van der Waals surface area contributed by atoms with Gasteiger partial charge in [-0.3, -0.25) is 9.48 Å². The van der Waals surface area contributed by atoms with E-state index in [1.165, 1.54) is 12.1 Å². The Labute approximate surface area is 151 Å². The van der Waals surface area contributed by atoms with Gasteiger partial charge in [0.25, 0.3) is 5.91 Å². The van der Waals surface area contributed by atoms with Crippen LogP contribution < -0.4 is 10.6 Å². The van der Waals surface area contributed by atoms with Crippen LogP contribution in [0.25, 0.3) is 0 Å². The van der Waals surface area contributed by atoms with Crippen LogP contribution in [0.2, 0.25) is 0 Å². The zero-order valence-electron chi connectivity index (χ0n) is 14.6. The van der Waals surface area contributed by atoms with Gasteiger partial charge >= 0.3 is 0 Å². The molecule has 0 spiro atoms. The lowest BCUT2D eigenvalue weighted by Gasteiger charge is -2.28. The average Bonchev–Trinajstić information content (AvgIpc) is 3.23. The molecule has 1 saturated heterocycles. The molecule has 0 aliphatic carbocycles. The van der Waals surface area contributed by atoms with E-state index in [9.17, 15) is 9.18 Å². The highest BCUT2D eigenvalue weighted by Gasteiger charge is 2.37. The van der Waals surface area contributed by atoms with Crippen molar-refractivity contribution in [1.29, 1.82) is 0 Å². The quantitative estimate of drug-likeness (QED) is 0.871. The van der Waals surface area contributed by atoms with Crippen LogP contribution in [0.15, 0.2) is 30.3 Å². The van der Waals surface area contributed by atoms with Gasteiger partial charge in [0.15, 0.2) is 0 Å². The summed E-state index contributed by atoms with van der Waals surface area (Å²) in [6, 6.07) is 8.32. The third-order valence-electron chi connectivity index (χ3n) is 5.27. The van der Waals surface area contributed by atoms with Gasteiger partial charge in [0.05, 0.1) is 12.3 Å². The molecule has 1 aromatic heterocycles. The van der Waals surface area contributed by atoms with Crippen molar-refractivity contribution in [3.05, 3.63) is 53.1 Å². The second-order valence-corrected chi connectivity index (χ2v) is 7.05. The lowest BCUT2D eigenvalue weighted by atomic mass is 9.79. The number of benzene rings is 1. The molecule has 0 bridgehead atoms. The Morgan fingerprint density at radius 1 is 1.38 bits per heavy atom. The molecule has 1 unspecified atom stereocenters. The first-order valence-corrected chi connectivity index (χ1v) is 9.06. The second kappa shape index (κ2) is 7.17. The lowest BCUT2D eigenvalue weighted by molar-refractivity contribution is 0.0933. The maximum Gasteiger partial charge on any atom is 0.271 e. The van der Waals surface area contributed by atoms with E-state index in [2.05, 4.69) is 15.7 Å². The summed E-state index contributed by atoms with van der Waals surface area (Å²) < 4.78 is 20.8. The van der Waals surface area contributed by atoms with Gasteiger partial charge in [-0.1, -0.05) is 12.1 Å². The Morgan fingerprint density at radius 3 is 3.00 bits per heavy atom. The Bertz CT molecular complexity index is 758. The van der Waals surface area contributed by atoms with E-state index in [0.717, 1.165) is 43.7 Å². The summed E-state index contributed by atoms with van der Waals surface area (Å²) in [4.78, 5) is 12.6. The number of nitrogens with zero attached hydrogens (tertiary/aromatic N) is 2. The fraction of sp³-hybridized carbons (Fsp3) is 0.474. The Balaban J connectivity index is 1.48. The average molecular weight is 358 g/mol. The molecule has 1 fully saturated rings. The summed E-state index contributed by atoms with van der Waals surface area (Å²) >= 11 is 0. The number of amides is 1. The van der Waals surface area contributed by atoms with Crippen LogP contribution in [0.3, 0.4) is 0 Å². The van der Waals surface area contributed by atoms with Crippen molar-refractivity contribution in [2.24, 2.45) is 0 Å². The summed E-state index contributed by atoms with van der Waals surface area (Å²) in [6.45, 7) is 4.11. The minimum Gasteiger partial charge on any atom is -0.380 e. The van der Waals surface area contributed by atoms with Crippen molar-refractivity contribution < 1.29 is 13.9 Å². The molecule has 4 rings (SSSR count). The minimum atomic E-state index is -0.318. The van der Waals surface area contributed by atoms with Gasteiger partial charge in [0.1, 0.15) is 11.5 Å². The maximum atomic E-state index is 13.3. The molecule has 2 aliphatic heterocycles. The first-order chi connectivity index (χ1) is 12.7. The lowest BCUT2D eigenvalue weighted by Crippen LogP contribution is -2.41. The van der Waals surface area contributed by atoms with Crippen molar-refractivity contribution in [3.63, 3.8) is 0 Å². The topological polar surface area (TPSA) is 68.2 Å². The first kappa shape index (κ1) is 17.2. The van der Waals surface area contributed by atoms with E-state index in [0.29, 0.717) is 25.5 Å². The molecule has 3 heterocycles. The van der Waals surface area contributed by atoms with Crippen molar-refractivity contribution in [2.75, 3.05) is 26.3 Å². The van der Waals surface area contributed by atoms with Crippen molar-refractivity contribution in [2.45, 2.75) is 31.3 Å². The van der Waals surface area contributed by atoms with Gasteiger partial charge in [-0.25, -0.2) is 4.39 Å². The summed E-state index contributed by atoms with van der Waals surface area (Å²) in [5.74, 6) is -0.445. The highest BCUT2D eigenvalue weighted by atomic mass is 19.1. The summed E-state index contributed by atoms with van der Waals surface area (Å²) in [7, 11) is 0. The van der Waals surface area contributed by atoms with E-state index >= 15 is 0 Å². The molecule has 26 heavy (non-hydrogen) atoms. The normalized spacial score (nSPS) is 22.7. The van der Waals surface area contributed by atoms with Crippen LogP contribution >= 0.6 is 0 Å². The van der Waals surface area contributed by atoms with Crippen molar-refractivity contribution >= 4 is 5.91 Å². The fourth-order valence-corrected chi connectivity index (χ4v) is 3.69. The van der Waals surface area contributed by atoms with Gasteiger partial charge in [0, 0.05) is 31.7 Å². The van der Waals surface area contributed by atoms with Crippen LogP contribution in [0.1, 0.15) is 34.6 Å². The van der Waals surface area contributed by atoms with E-state index < -0.39 is 0 Å². The van der Waals surface area contributed by atoms with E-state index in [1.807, 2.05) is 10.7 Å². The zero-order chi connectivity index (χ0) is 18.0. The number of aryl methyl sites for hydroxylation is 1. The largest absolute Gasteiger partial charge is 0.380 e. The van der Waals surface area contributed by atoms with E-state index in [-0.39, 0.29) is 17.1 Å². The number of hydrogen-bond acceptors (Lipinski definition) is 4. The highest BCUT2D eigenvalue weighted by Crippen LogP contribution is 2.32. The molecule has 6 nitrogen and oxygen atoms in total. The number of hydrogen-bond donors (Lipinski definition) is 2. The molecule has 7 heteroatoms. The smallest absolute Gasteiger partial charge is 0.271 e. The number of ether oxygens (including phenoxy) is 1. The Hall–Kier alpha value is -2.25. The van der Waals surface area contributed by atoms with E-state index in [4.69, 9.17) is 4.74 Å². The molecule has 0 saturated carbocycles. The minimum absolute atomic E-state index is 0.182. The van der Waals surface area contributed by atoms with Crippen molar-refractivity contribution in [1.82, 2.24) is 20.4 Å². The molecule has 1 atom stereocenters. The molecule has 138 valence electrons. The van der Waals surface area contributed by atoms with Crippen LogP contribution in [-0.4, -0.2) is 42.0 Å². The second-order valence-electron chi connectivity index (χ2n) is 7.05. The van der Waals surface area contributed by atoms with Gasteiger partial charge in [0.2, 0.25) is 0 Å². The number of carbonyl (C=O) groups is 1. The first-order valence-electron chi connectivity index (χ1n) is 9.06. The number of nitrogens with one attached hydrogen (secondary N) is 2. The van der Waals surface area contributed by atoms with Crippen LogP contribution in [0, 0.1) is 5.82 Å². The SMILES string of the molecule is O=C(NCC1(c2ccc(F)cc2)CCOC1)c1cc2n(n1)CCCNC2. The molecule has 1 amide bonds. The number of aromatic nitrogens is 2. The third kappa shape index (κ3) is 3.37. The maximum absolute atomic E-state index is 13.3. The molecule has 2 aliphatic rings. The van der Waals surface area contributed by atoms with Gasteiger partial charge in [-0.05, 0) is 43.1 Å². The predicted molar refractivity (Wildman–Crippen MR) is 94.4 cm³/mol. The monoisotopic (exact) mass is 358 g/mol. The molecule has 0 radical (unpaired) electrons. The van der Waals surface area contributed by atoms with Crippen LogP contribution in [0.4, 0.5) is 4.39 Å². The number of fused-ring (bicyclic) bond motifs is 1. The third-order valence-corrected chi connectivity index (χ3v) is 5.27. The van der Waals surface area contributed by atoms with E-state index in [1.54, 1.807) is 12.1 Å². The summed E-state index contributed by atoms with van der Waals surface area (Å²) in [6.07, 6.45) is 1.79. The zero-order valence-corrected chi connectivity index (χ0v) is 14.6. The van der Waals surface area contributed by atoms with Gasteiger partial charge in [-0.15, -0.1) is 0 Å². The Kier molecular flexibility index (Phi) is 4.74. The summed E-state index contributed by atoms with van der Waals surface area (Å²) in [5, 5.41) is 10.8. The number of halogens is 1. The fourth-order valence-electron chi connectivity index (χ4n) is 3.69. The van der Waals surface area contributed by atoms with Crippen LogP contribution in [0.5, 0.6) is 0 Å². The van der Waals surface area contributed by atoms with Crippen LogP contribution in [-0.2, 0) is 23.2 Å². The molecular formula is C19H23FN4O2.